The summed E-state index contributed by atoms with van der Waals surface area (Å²) in [4.78, 5) is 12.3. The van der Waals surface area contributed by atoms with E-state index in [9.17, 15) is 20.1 Å². The lowest BCUT2D eigenvalue weighted by atomic mass is 9.43. The average Bonchev–Trinajstić information content (AvgIpc) is 3.06. The number of aliphatic hydroxyl groups excluding tert-OH is 3. The summed E-state index contributed by atoms with van der Waals surface area (Å²) in [5.74, 6) is 1.55. The van der Waals surface area contributed by atoms with Crippen LogP contribution in [0.4, 0.5) is 0 Å². The monoisotopic (exact) mass is 463 g/mol. The van der Waals surface area contributed by atoms with Gasteiger partial charge in [0.2, 0.25) is 0 Å². The third-order valence-corrected chi connectivity index (χ3v) is 10.5. The molecule has 3 N–H and O–H groups in total. The lowest BCUT2D eigenvalue weighted by Crippen LogP contribution is -2.62. The fourth-order valence-corrected chi connectivity index (χ4v) is 8.83. The second-order valence-corrected chi connectivity index (χ2v) is 13.4. The Morgan fingerprint density at radius 2 is 1.79 bits per heavy atom. The molecule has 33 heavy (non-hydrogen) atoms. The van der Waals surface area contributed by atoms with E-state index < -0.39 is 11.7 Å². The lowest BCUT2D eigenvalue weighted by Gasteiger charge is -2.63. The maximum atomic E-state index is 12.3. The number of hydrogen-bond donors (Lipinski definition) is 3. The normalized spacial score (nSPS) is 48.4. The zero-order chi connectivity index (χ0) is 24.3. The van der Waals surface area contributed by atoms with Crippen LogP contribution in [0, 0.1) is 52.8 Å². The highest BCUT2D eigenvalue weighted by Gasteiger charge is 2.65. The van der Waals surface area contributed by atoms with Crippen molar-refractivity contribution < 1.29 is 24.9 Å². The molecule has 0 aromatic carbocycles. The second-order valence-electron chi connectivity index (χ2n) is 13.4. The molecule has 0 aromatic rings. The fraction of sp³-hybridized carbons (Fsp3) is 0.929. The number of carbonyl (C=O) groups excluding carboxylic acids is 1. The Labute approximate surface area is 200 Å². The highest BCUT2D eigenvalue weighted by Crippen LogP contribution is 2.68. The number of aliphatic hydroxyl groups is 3. The molecule has 4 aliphatic carbocycles. The van der Waals surface area contributed by atoms with E-state index in [0.717, 1.165) is 44.9 Å². The van der Waals surface area contributed by atoms with Crippen molar-refractivity contribution in [3.05, 3.63) is 6.42 Å². The molecular weight excluding hydrogens is 416 g/mol. The fourth-order valence-electron chi connectivity index (χ4n) is 8.83. The molecule has 5 heteroatoms. The van der Waals surface area contributed by atoms with Crippen LogP contribution in [0.1, 0.15) is 92.9 Å². The summed E-state index contributed by atoms with van der Waals surface area (Å²) in [5.41, 5.74) is -0.639. The van der Waals surface area contributed by atoms with Gasteiger partial charge in [0.25, 0.3) is 0 Å². The molecular formula is C28H47O5. The van der Waals surface area contributed by atoms with E-state index >= 15 is 0 Å². The minimum absolute atomic E-state index is 0.0475. The maximum Gasteiger partial charge on any atom is 0.306 e. The average molecular weight is 464 g/mol. The van der Waals surface area contributed by atoms with Gasteiger partial charge in [-0.15, -0.1) is 0 Å². The molecule has 4 rings (SSSR count). The van der Waals surface area contributed by atoms with Crippen LogP contribution in [0.3, 0.4) is 0 Å². The third-order valence-electron chi connectivity index (χ3n) is 10.5. The summed E-state index contributed by atoms with van der Waals surface area (Å²) < 4.78 is 5.52. The van der Waals surface area contributed by atoms with Crippen molar-refractivity contribution in [2.45, 2.75) is 117 Å². The number of esters is 1. The molecule has 4 aliphatic rings. The summed E-state index contributed by atoms with van der Waals surface area (Å²) in [6.45, 7) is 12.5. The first kappa shape index (κ1) is 25.4. The van der Waals surface area contributed by atoms with Crippen molar-refractivity contribution in [3.8, 4) is 0 Å². The number of ether oxygens (including phenoxy) is 1. The smallest absolute Gasteiger partial charge is 0.306 e. The predicted molar refractivity (Wildman–Crippen MR) is 128 cm³/mol. The largest absolute Gasteiger partial charge is 0.460 e. The van der Waals surface area contributed by atoms with E-state index in [-0.39, 0.29) is 40.8 Å². The SMILES string of the molecule is CC(CCC(=O)OC(C)(C)C)C1CC[C@H]2[C@@H]3[C@H](O)CC4[CH][C@H](O)CC[C@]4(C)[C@H]3C[C@H](O)[C@]12C. The highest BCUT2D eigenvalue weighted by atomic mass is 16.6. The summed E-state index contributed by atoms with van der Waals surface area (Å²) >= 11 is 0. The van der Waals surface area contributed by atoms with Crippen molar-refractivity contribution >= 4 is 5.97 Å². The molecule has 0 aliphatic heterocycles. The highest BCUT2D eigenvalue weighted by molar-refractivity contribution is 5.69. The van der Waals surface area contributed by atoms with Crippen molar-refractivity contribution in [3.63, 3.8) is 0 Å². The van der Waals surface area contributed by atoms with E-state index in [1.165, 1.54) is 0 Å². The van der Waals surface area contributed by atoms with Crippen LogP contribution in [-0.4, -0.2) is 45.2 Å². The topological polar surface area (TPSA) is 87.0 Å². The molecule has 189 valence electrons. The standard InChI is InChI=1S/C28H47O5/c1-16(7-10-24(32)33-26(2,3)4)19-8-9-20-25-21(15-23(31)28(19,20)6)27(5)12-11-18(29)13-17(27)14-22(25)30/h13,16-23,25,29-31H,7-12,14-15H2,1-6H3/t16?,17?,18-,19?,20+,21+,22-,23+,25+,27+,28-/m1/s1. The van der Waals surface area contributed by atoms with Gasteiger partial charge in [0.05, 0.1) is 18.3 Å². The third kappa shape index (κ3) is 4.40. The van der Waals surface area contributed by atoms with Crippen LogP contribution in [0.2, 0.25) is 0 Å². The molecule has 4 saturated carbocycles. The minimum Gasteiger partial charge on any atom is -0.460 e. The van der Waals surface area contributed by atoms with Gasteiger partial charge in [-0.05, 0) is 118 Å². The van der Waals surface area contributed by atoms with Crippen molar-refractivity contribution in [1.82, 2.24) is 0 Å². The predicted octanol–water partition coefficient (Wildman–Crippen LogP) is 4.52. The number of fused-ring (bicyclic) bond motifs is 5. The summed E-state index contributed by atoms with van der Waals surface area (Å²) in [6, 6.07) is 0. The molecule has 0 aromatic heterocycles. The van der Waals surface area contributed by atoms with Crippen molar-refractivity contribution in [1.29, 1.82) is 0 Å². The Balaban J connectivity index is 1.50. The van der Waals surface area contributed by atoms with E-state index in [1.54, 1.807) is 0 Å². The number of carbonyl (C=O) groups is 1. The van der Waals surface area contributed by atoms with Crippen LogP contribution in [0.15, 0.2) is 0 Å². The molecule has 0 heterocycles. The van der Waals surface area contributed by atoms with E-state index in [0.29, 0.717) is 30.1 Å². The second kappa shape index (κ2) is 8.78. The molecule has 0 amide bonds. The molecule has 3 unspecified atom stereocenters. The molecule has 1 radical (unpaired) electrons. The Morgan fingerprint density at radius 3 is 2.45 bits per heavy atom. The Bertz CT molecular complexity index is 730. The first-order valence-corrected chi connectivity index (χ1v) is 13.4. The Morgan fingerprint density at radius 1 is 1.09 bits per heavy atom. The van der Waals surface area contributed by atoms with Gasteiger partial charge >= 0.3 is 5.97 Å². The van der Waals surface area contributed by atoms with Gasteiger partial charge in [-0.1, -0.05) is 20.8 Å². The van der Waals surface area contributed by atoms with Gasteiger partial charge in [-0.25, -0.2) is 0 Å². The van der Waals surface area contributed by atoms with E-state index in [1.807, 2.05) is 20.8 Å². The lowest BCUT2D eigenvalue weighted by molar-refractivity contribution is -0.198. The molecule has 5 nitrogen and oxygen atoms in total. The van der Waals surface area contributed by atoms with Gasteiger partial charge in [-0.2, -0.15) is 0 Å². The zero-order valence-corrected chi connectivity index (χ0v) is 21.6. The van der Waals surface area contributed by atoms with Gasteiger partial charge < -0.3 is 20.1 Å². The molecule has 11 atom stereocenters. The number of rotatable bonds is 4. The van der Waals surface area contributed by atoms with E-state index in [4.69, 9.17) is 4.74 Å². The van der Waals surface area contributed by atoms with Gasteiger partial charge in [-0.3, -0.25) is 4.79 Å². The quantitative estimate of drug-likeness (QED) is 0.534. The Hall–Kier alpha value is -0.650. The minimum atomic E-state index is -0.461. The number of hydrogen-bond acceptors (Lipinski definition) is 5. The molecule has 0 spiro atoms. The molecule has 0 bridgehead atoms. The van der Waals surface area contributed by atoms with Crippen LogP contribution in [-0.2, 0) is 9.53 Å². The van der Waals surface area contributed by atoms with Crippen LogP contribution >= 0.6 is 0 Å². The zero-order valence-electron chi connectivity index (χ0n) is 21.6. The van der Waals surface area contributed by atoms with Crippen molar-refractivity contribution in [2.75, 3.05) is 0 Å². The Kier molecular flexibility index (Phi) is 6.77. The van der Waals surface area contributed by atoms with Crippen LogP contribution < -0.4 is 0 Å². The van der Waals surface area contributed by atoms with Gasteiger partial charge in [0.1, 0.15) is 5.60 Å². The molecule has 4 fully saturated rings. The van der Waals surface area contributed by atoms with Crippen LogP contribution in [0.5, 0.6) is 0 Å². The molecule has 0 saturated heterocycles. The summed E-state index contributed by atoms with van der Waals surface area (Å²) in [5, 5.41) is 33.2. The van der Waals surface area contributed by atoms with Gasteiger partial charge in [0.15, 0.2) is 0 Å². The van der Waals surface area contributed by atoms with E-state index in [2.05, 4.69) is 27.2 Å². The summed E-state index contributed by atoms with van der Waals surface area (Å²) in [6.07, 6.45) is 7.44. The van der Waals surface area contributed by atoms with Crippen molar-refractivity contribution in [2.24, 2.45) is 46.3 Å². The van der Waals surface area contributed by atoms with Crippen LogP contribution in [0.25, 0.3) is 0 Å². The first-order valence-electron chi connectivity index (χ1n) is 13.4. The summed E-state index contributed by atoms with van der Waals surface area (Å²) in [7, 11) is 0. The van der Waals surface area contributed by atoms with Gasteiger partial charge in [0, 0.05) is 6.42 Å². The maximum absolute atomic E-state index is 12.3. The first-order chi connectivity index (χ1) is 15.3.